The third-order valence-electron chi connectivity index (χ3n) is 3.08. The molecular weight excluding hydrogens is 301 g/mol. The van der Waals surface area contributed by atoms with E-state index in [1.54, 1.807) is 27.7 Å². The maximum atomic E-state index is 13.7. The van der Waals surface area contributed by atoms with Gasteiger partial charge in [0, 0.05) is 17.0 Å². The van der Waals surface area contributed by atoms with Gasteiger partial charge in [-0.1, -0.05) is 0 Å². The van der Waals surface area contributed by atoms with E-state index in [-0.39, 0.29) is 11.8 Å². The molecule has 5 nitrogen and oxygen atoms in total. The van der Waals surface area contributed by atoms with Gasteiger partial charge in [0.2, 0.25) is 0 Å². The molecule has 6 heteroatoms. The summed E-state index contributed by atoms with van der Waals surface area (Å²) in [5.74, 6) is -0.283. The molecule has 0 aliphatic heterocycles. The number of alkyl carbamates (subject to hydrolysis) is 1. The molecule has 0 saturated carbocycles. The van der Waals surface area contributed by atoms with Crippen LogP contribution in [0, 0.1) is 5.82 Å². The minimum atomic E-state index is -0.588. The number of ether oxygens (including phenoxy) is 1. The predicted molar refractivity (Wildman–Crippen MR) is 84.1 cm³/mol. The quantitative estimate of drug-likeness (QED) is 0.869. The molecule has 1 aromatic heterocycles. The van der Waals surface area contributed by atoms with Crippen molar-refractivity contribution in [3.63, 3.8) is 0 Å². The Morgan fingerprint density at radius 2 is 2.09 bits per heavy atom. The van der Waals surface area contributed by atoms with Crippen LogP contribution in [0.5, 0.6) is 0 Å². The topological polar surface area (TPSA) is 68.5 Å². The second kappa shape index (κ2) is 6.40. The molecule has 124 valence electrons. The number of carbonyl (C=O) groups is 2. The third-order valence-corrected chi connectivity index (χ3v) is 3.08. The number of hydrogen-bond acceptors (Lipinski definition) is 4. The highest BCUT2D eigenvalue weighted by atomic mass is 19.1. The molecule has 1 amide bonds. The van der Waals surface area contributed by atoms with Crippen molar-refractivity contribution < 1.29 is 23.1 Å². The van der Waals surface area contributed by atoms with Crippen LogP contribution in [0.3, 0.4) is 0 Å². The van der Waals surface area contributed by atoms with E-state index in [0.29, 0.717) is 29.2 Å². The van der Waals surface area contributed by atoms with Crippen LogP contribution in [-0.4, -0.2) is 24.0 Å². The zero-order valence-electron chi connectivity index (χ0n) is 13.6. The average Bonchev–Trinajstić information content (AvgIpc) is 2.78. The van der Waals surface area contributed by atoms with Gasteiger partial charge < -0.3 is 14.5 Å². The van der Waals surface area contributed by atoms with E-state index < -0.39 is 17.5 Å². The Hall–Kier alpha value is -2.37. The Bertz CT molecular complexity index is 730. The lowest BCUT2D eigenvalue weighted by Crippen LogP contribution is -2.38. The summed E-state index contributed by atoms with van der Waals surface area (Å²) in [5.41, 5.74) is 0.443. The summed E-state index contributed by atoms with van der Waals surface area (Å²) in [7, 11) is 0. The minimum Gasteiger partial charge on any atom is -0.453 e. The van der Waals surface area contributed by atoms with Crippen LogP contribution in [0.15, 0.2) is 22.6 Å². The van der Waals surface area contributed by atoms with E-state index >= 15 is 0 Å². The smallest absolute Gasteiger partial charge is 0.407 e. The van der Waals surface area contributed by atoms with Crippen molar-refractivity contribution in [2.75, 3.05) is 0 Å². The summed E-state index contributed by atoms with van der Waals surface area (Å²) in [6, 6.07) is 3.84. The SMILES string of the molecule is CC(Cc1cc(F)cc2cc(C=O)oc12)NC(=O)OC(C)(C)C. The Balaban J connectivity index is 2.16. The largest absolute Gasteiger partial charge is 0.453 e. The molecule has 1 atom stereocenters. The Labute approximate surface area is 133 Å². The highest BCUT2D eigenvalue weighted by Crippen LogP contribution is 2.25. The van der Waals surface area contributed by atoms with Gasteiger partial charge in [0.15, 0.2) is 12.0 Å². The van der Waals surface area contributed by atoms with E-state index in [4.69, 9.17) is 9.15 Å². The fraction of sp³-hybridized carbons (Fsp3) is 0.412. The van der Waals surface area contributed by atoms with Crippen molar-refractivity contribution in [2.45, 2.75) is 45.8 Å². The van der Waals surface area contributed by atoms with Gasteiger partial charge in [-0.25, -0.2) is 9.18 Å². The maximum absolute atomic E-state index is 13.7. The third kappa shape index (κ3) is 4.55. The van der Waals surface area contributed by atoms with Crippen LogP contribution < -0.4 is 5.32 Å². The number of carbonyl (C=O) groups excluding carboxylic acids is 2. The van der Waals surface area contributed by atoms with Crippen LogP contribution >= 0.6 is 0 Å². The Morgan fingerprint density at radius 1 is 1.39 bits per heavy atom. The van der Waals surface area contributed by atoms with E-state index in [9.17, 15) is 14.0 Å². The summed E-state index contributed by atoms with van der Waals surface area (Å²) >= 11 is 0. The first kappa shape index (κ1) is 17.0. The highest BCUT2D eigenvalue weighted by Gasteiger charge is 2.19. The summed E-state index contributed by atoms with van der Waals surface area (Å²) in [4.78, 5) is 22.6. The van der Waals surface area contributed by atoms with Gasteiger partial charge in [-0.15, -0.1) is 0 Å². The van der Waals surface area contributed by atoms with E-state index in [1.165, 1.54) is 18.2 Å². The Morgan fingerprint density at radius 3 is 2.70 bits per heavy atom. The van der Waals surface area contributed by atoms with Crippen molar-refractivity contribution in [3.05, 3.63) is 35.3 Å². The number of furan rings is 1. The molecule has 0 fully saturated rings. The first-order valence-electron chi connectivity index (χ1n) is 7.34. The zero-order chi connectivity index (χ0) is 17.2. The van der Waals surface area contributed by atoms with Gasteiger partial charge in [-0.2, -0.15) is 0 Å². The number of hydrogen-bond donors (Lipinski definition) is 1. The van der Waals surface area contributed by atoms with Crippen LogP contribution in [-0.2, 0) is 11.2 Å². The number of nitrogens with one attached hydrogen (secondary N) is 1. The molecule has 0 spiro atoms. The number of fused-ring (bicyclic) bond motifs is 1. The highest BCUT2D eigenvalue weighted by molar-refractivity contribution is 5.87. The number of aldehydes is 1. The standard InChI is InChI=1S/C17H20FNO4/c1-10(19-16(21)23-17(2,3)4)5-11-6-13(18)7-12-8-14(9-20)22-15(11)12/h6-10H,5H2,1-4H3,(H,19,21). The summed E-state index contributed by atoms with van der Waals surface area (Å²) < 4.78 is 24.3. The molecule has 2 aromatic rings. The Kier molecular flexibility index (Phi) is 4.73. The molecule has 0 aliphatic rings. The van der Waals surface area contributed by atoms with Crippen LogP contribution in [0.25, 0.3) is 11.0 Å². The molecule has 0 bridgehead atoms. The number of rotatable bonds is 4. The molecule has 1 unspecified atom stereocenters. The number of benzene rings is 1. The van der Waals surface area contributed by atoms with E-state index in [2.05, 4.69) is 5.32 Å². The van der Waals surface area contributed by atoms with Crippen molar-refractivity contribution in [2.24, 2.45) is 0 Å². The molecule has 23 heavy (non-hydrogen) atoms. The fourth-order valence-electron chi connectivity index (χ4n) is 2.30. The molecule has 0 aliphatic carbocycles. The second-order valence-electron chi connectivity index (χ2n) is 6.50. The first-order valence-corrected chi connectivity index (χ1v) is 7.34. The molecule has 1 N–H and O–H groups in total. The molecule has 0 radical (unpaired) electrons. The molecule has 0 saturated heterocycles. The van der Waals surface area contributed by atoms with Crippen molar-refractivity contribution in [3.8, 4) is 0 Å². The second-order valence-corrected chi connectivity index (χ2v) is 6.50. The molecule has 1 heterocycles. The lowest BCUT2D eigenvalue weighted by atomic mass is 10.0. The average molecular weight is 321 g/mol. The molecular formula is C17H20FNO4. The van der Waals surface area contributed by atoms with Crippen molar-refractivity contribution >= 4 is 23.3 Å². The molecule has 2 rings (SSSR count). The van der Waals surface area contributed by atoms with Crippen LogP contribution in [0.2, 0.25) is 0 Å². The lowest BCUT2D eigenvalue weighted by molar-refractivity contribution is 0.0508. The van der Waals surface area contributed by atoms with Gasteiger partial charge in [-0.05, 0) is 52.3 Å². The van der Waals surface area contributed by atoms with E-state index in [1.807, 2.05) is 0 Å². The van der Waals surface area contributed by atoms with Crippen molar-refractivity contribution in [1.29, 1.82) is 0 Å². The lowest BCUT2D eigenvalue weighted by Gasteiger charge is -2.22. The van der Waals surface area contributed by atoms with Gasteiger partial charge in [0.1, 0.15) is 17.0 Å². The maximum Gasteiger partial charge on any atom is 0.407 e. The monoisotopic (exact) mass is 321 g/mol. The zero-order valence-corrected chi connectivity index (χ0v) is 13.6. The van der Waals surface area contributed by atoms with Gasteiger partial charge >= 0.3 is 6.09 Å². The summed E-state index contributed by atoms with van der Waals surface area (Å²) in [6.45, 7) is 7.11. The fourth-order valence-corrected chi connectivity index (χ4v) is 2.30. The normalized spacial score (nSPS) is 12.9. The van der Waals surface area contributed by atoms with Crippen LogP contribution in [0.4, 0.5) is 9.18 Å². The minimum absolute atomic E-state index is 0.139. The number of amides is 1. The first-order chi connectivity index (χ1) is 10.7. The van der Waals surface area contributed by atoms with Crippen LogP contribution in [0.1, 0.15) is 43.8 Å². The number of halogens is 1. The summed E-state index contributed by atoms with van der Waals surface area (Å²) in [5, 5.41) is 3.22. The van der Waals surface area contributed by atoms with Crippen molar-refractivity contribution in [1.82, 2.24) is 5.32 Å². The van der Waals surface area contributed by atoms with E-state index in [0.717, 1.165) is 0 Å². The molecule has 1 aromatic carbocycles. The van der Waals surface area contributed by atoms with Gasteiger partial charge in [0.05, 0.1) is 0 Å². The van der Waals surface area contributed by atoms with Gasteiger partial charge in [0.25, 0.3) is 0 Å². The predicted octanol–water partition coefficient (Wildman–Crippen LogP) is 3.84. The van der Waals surface area contributed by atoms with Gasteiger partial charge in [-0.3, -0.25) is 4.79 Å². The summed E-state index contributed by atoms with van der Waals surface area (Å²) in [6.07, 6.45) is 0.384.